The maximum atomic E-state index is 13.8. The lowest BCUT2D eigenvalue weighted by Gasteiger charge is -2.20. The number of nitriles is 1. The number of carbonyl (C=O) groups excluding carboxylic acids is 1. The molecule has 31 heavy (non-hydrogen) atoms. The molecule has 0 saturated carbocycles. The molecule has 0 aliphatic carbocycles. The van der Waals surface area contributed by atoms with E-state index < -0.39 is 17.6 Å². The predicted octanol–water partition coefficient (Wildman–Crippen LogP) is 5.06. The van der Waals surface area contributed by atoms with Gasteiger partial charge in [0, 0.05) is 36.1 Å². The number of hydrogen-bond acceptors (Lipinski definition) is 3. The maximum Gasteiger partial charge on any atom is 0.271 e. The number of alkyl halides is 2. The molecule has 1 amide bonds. The lowest BCUT2D eigenvalue weighted by molar-refractivity contribution is -0.128. The molecule has 0 spiro atoms. The summed E-state index contributed by atoms with van der Waals surface area (Å²) in [4.78, 5) is 15.9. The van der Waals surface area contributed by atoms with E-state index >= 15 is 0 Å². The predicted molar refractivity (Wildman–Crippen MR) is 115 cm³/mol. The third-order valence-corrected chi connectivity index (χ3v) is 5.07. The Bertz CT molecular complexity index is 1100. The number of fused-ring (bicyclic) bond motifs is 1. The zero-order valence-corrected chi connectivity index (χ0v) is 17.5. The SMILES string of the molecule is CCCC(Oc1ccc(C#N)c(C(C)(F)F)c1)C(=O)NCCc1c[nH]c2ccccc12. The van der Waals surface area contributed by atoms with E-state index in [1.807, 2.05) is 37.4 Å². The third-order valence-electron chi connectivity index (χ3n) is 5.07. The first-order valence-electron chi connectivity index (χ1n) is 10.2. The van der Waals surface area contributed by atoms with Crippen molar-refractivity contribution in [3.05, 3.63) is 65.4 Å². The molecular weight excluding hydrogens is 400 g/mol. The van der Waals surface area contributed by atoms with Gasteiger partial charge in [-0.15, -0.1) is 0 Å². The van der Waals surface area contributed by atoms with E-state index in [1.54, 1.807) is 6.07 Å². The third kappa shape index (κ3) is 5.40. The molecule has 1 aromatic heterocycles. The van der Waals surface area contributed by atoms with Crippen LogP contribution in [-0.4, -0.2) is 23.5 Å². The molecule has 0 aliphatic rings. The van der Waals surface area contributed by atoms with Crippen molar-refractivity contribution >= 4 is 16.8 Å². The minimum Gasteiger partial charge on any atom is -0.481 e. The number of ether oxygens (including phenoxy) is 1. The van der Waals surface area contributed by atoms with E-state index in [9.17, 15) is 13.6 Å². The van der Waals surface area contributed by atoms with Gasteiger partial charge in [-0.05, 0) is 42.7 Å². The molecule has 3 rings (SSSR count). The fourth-order valence-electron chi connectivity index (χ4n) is 3.50. The summed E-state index contributed by atoms with van der Waals surface area (Å²) in [6, 6.07) is 13.6. The number of aromatic amines is 1. The molecule has 162 valence electrons. The average molecular weight is 425 g/mol. The van der Waals surface area contributed by atoms with Crippen LogP contribution in [0, 0.1) is 11.3 Å². The fraction of sp³-hybridized carbons (Fsp3) is 0.333. The summed E-state index contributed by atoms with van der Waals surface area (Å²) in [5, 5.41) is 13.1. The molecule has 5 nitrogen and oxygen atoms in total. The van der Waals surface area contributed by atoms with Gasteiger partial charge in [0.15, 0.2) is 6.10 Å². The van der Waals surface area contributed by atoms with Crippen LogP contribution >= 0.6 is 0 Å². The van der Waals surface area contributed by atoms with Gasteiger partial charge < -0.3 is 15.0 Å². The Kier molecular flexibility index (Phi) is 6.91. The molecule has 0 radical (unpaired) electrons. The van der Waals surface area contributed by atoms with Gasteiger partial charge in [0.25, 0.3) is 11.8 Å². The number of hydrogen-bond donors (Lipinski definition) is 2. The zero-order valence-electron chi connectivity index (χ0n) is 17.5. The Hall–Kier alpha value is -3.40. The second-order valence-electron chi connectivity index (χ2n) is 7.50. The van der Waals surface area contributed by atoms with E-state index in [0.717, 1.165) is 29.5 Å². The van der Waals surface area contributed by atoms with Gasteiger partial charge in [-0.25, -0.2) is 8.78 Å². The number of amides is 1. The number of halogens is 2. The quantitative estimate of drug-likeness (QED) is 0.503. The normalized spacial score (nSPS) is 12.4. The van der Waals surface area contributed by atoms with Crippen LogP contribution in [0.3, 0.4) is 0 Å². The van der Waals surface area contributed by atoms with Gasteiger partial charge in [-0.1, -0.05) is 31.5 Å². The van der Waals surface area contributed by atoms with E-state index in [0.29, 0.717) is 25.8 Å². The Balaban J connectivity index is 1.66. The van der Waals surface area contributed by atoms with Crippen LogP contribution in [0.4, 0.5) is 8.78 Å². The van der Waals surface area contributed by atoms with Gasteiger partial charge in [-0.2, -0.15) is 5.26 Å². The van der Waals surface area contributed by atoms with Crippen LogP contribution in [0.15, 0.2) is 48.7 Å². The van der Waals surface area contributed by atoms with Crippen LogP contribution in [0.25, 0.3) is 10.9 Å². The largest absolute Gasteiger partial charge is 0.481 e. The van der Waals surface area contributed by atoms with Gasteiger partial charge in [0.2, 0.25) is 0 Å². The summed E-state index contributed by atoms with van der Waals surface area (Å²) in [5.41, 5.74) is 1.61. The summed E-state index contributed by atoms with van der Waals surface area (Å²) in [6.07, 6.45) is 2.90. The fourth-order valence-corrected chi connectivity index (χ4v) is 3.50. The van der Waals surface area contributed by atoms with Crippen molar-refractivity contribution in [2.24, 2.45) is 0 Å². The van der Waals surface area contributed by atoms with Crippen molar-refractivity contribution in [3.8, 4) is 11.8 Å². The molecular formula is C24H25F2N3O2. The number of aromatic nitrogens is 1. The summed E-state index contributed by atoms with van der Waals surface area (Å²) >= 11 is 0. The Labute approximate surface area is 180 Å². The highest BCUT2D eigenvalue weighted by Crippen LogP contribution is 2.32. The van der Waals surface area contributed by atoms with E-state index in [-0.39, 0.29) is 17.2 Å². The van der Waals surface area contributed by atoms with Crippen LogP contribution in [0.1, 0.15) is 43.4 Å². The highest BCUT2D eigenvalue weighted by Gasteiger charge is 2.29. The monoisotopic (exact) mass is 425 g/mol. The Morgan fingerprint density at radius 1 is 1.29 bits per heavy atom. The van der Waals surface area contributed by atoms with Crippen molar-refractivity contribution < 1.29 is 18.3 Å². The summed E-state index contributed by atoms with van der Waals surface area (Å²) in [7, 11) is 0. The number of nitrogens with zero attached hydrogens (tertiary/aromatic N) is 1. The Morgan fingerprint density at radius 2 is 2.06 bits per heavy atom. The molecule has 0 bridgehead atoms. The molecule has 1 heterocycles. The van der Waals surface area contributed by atoms with Crippen LogP contribution in [-0.2, 0) is 17.1 Å². The van der Waals surface area contributed by atoms with E-state index in [4.69, 9.17) is 10.00 Å². The van der Waals surface area contributed by atoms with E-state index in [1.165, 1.54) is 12.1 Å². The molecule has 2 aromatic carbocycles. The first-order valence-corrected chi connectivity index (χ1v) is 10.2. The lowest BCUT2D eigenvalue weighted by Crippen LogP contribution is -2.39. The number of rotatable bonds is 9. The van der Waals surface area contributed by atoms with Crippen molar-refractivity contribution in [2.45, 2.75) is 45.1 Å². The topological polar surface area (TPSA) is 77.9 Å². The van der Waals surface area contributed by atoms with Gasteiger partial charge in [0.05, 0.1) is 11.6 Å². The van der Waals surface area contributed by atoms with Crippen molar-refractivity contribution in [1.82, 2.24) is 10.3 Å². The molecule has 1 unspecified atom stereocenters. The lowest BCUT2D eigenvalue weighted by atomic mass is 10.0. The summed E-state index contributed by atoms with van der Waals surface area (Å²) < 4.78 is 33.4. The highest BCUT2D eigenvalue weighted by atomic mass is 19.3. The molecule has 1 atom stereocenters. The number of carbonyl (C=O) groups is 1. The molecule has 0 aliphatic heterocycles. The summed E-state index contributed by atoms with van der Waals surface area (Å²) in [5.74, 6) is -3.34. The summed E-state index contributed by atoms with van der Waals surface area (Å²) in [6.45, 7) is 3.07. The molecule has 0 saturated heterocycles. The molecule has 3 aromatic rings. The maximum absolute atomic E-state index is 13.8. The number of para-hydroxylation sites is 1. The van der Waals surface area contributed by atoms with Gasteiger partial charge in [-0.3, -0.25) is 4.79 Å². The van der Waals surface area contributed by atoms with Gasteiger partial charge >= 0.3 is 0 Å². The number of H-pyrrole nitrogens is 1. The second kappa shape index (κ2) is 9.61. The second-order valence-corrected chi connectivity index (χ2v) is 7.50. The zero-order chi connectivity index (χ0) is 22.4. The van der Waals surface area contributed by atoms with Gasteiger partial charge in [0.1, 0.15) is 5.75 Å². The average Bonchev–Trinajstić information content (AvgIpc) is 3.16. The minimum atomic E-state index is -3.19. The van der Waals surface area contributed by atoms with E-state index in [2.05, 4.69) is 10.3 Å². The van der Waals surface area contributed by atoms with Crippen molar-refractivity contribution in [3.63, 3.8) is 0 Å². The Morgan fingerprint density at radius 3 is 2.77 bits per heavy atom. The van der Waals surface area contributed by atoms with Crippen molar-refractivity contribution in [1.29, 1.82) is 5.26 Å². The smallest absolute Gasteiger partial charge is 0.271 e. The van der Waals surface area contributed by atoms with Crippen LogP contribution in [0.2, 0.25) is 0 Å². The molecule has 0 fully saturated rings. The number of benzene rings is 2. The standard InChI is InChI=1S/C24H25F2N3O2/c1-3-6-22(31-18-10-9-16(14-27)20(13-18)24(2,25)26)23(30)28-12-11-17-15-29-21-8-5-4-7-19(17)21/h4-5,7-10,13,15,22,29H,3,6,11-12H2,1-2H3,(H,28,30). The van der Waals surface area contributed by atoms with Crippen LogP contribution in [0.5, 0.6) is 5.75 Å². The van der Waals surface area contributed by atoms with Crippen LogP contribution < -0.4 is 10.1 Å². The first kappa shape index (κ1) is 22.3. The molecule has 7 heteroatoms. The minimum absolute atomic E-state index is 0.116. The highest BCUT2D eigenvalue weighted by molar-refractivity contribution is 5.83. The number of nitrogens with one attached hydrogen (secondary N) is 2. The molecule has 2 N–H and O–H groups in total. The van der Waals surface area contributed by atoms with Crippen molar-refractivity contribution in [2.75, 3.05) is 6.54 Å². The first-order chi connectivity index (χ1) is 14.8.